The third kappa shape index (κ3) is 4.92. The minimum atomic E-state index is -0.0581. The summed E-state index contributed by atoms with van der Waals surface area (Å²) in [6.45, 7) is 5.67. The number of aryl methyl sites for hydroxylation is 1. The minimum Gasteiger partial charge on any atom is -0.493 e. The van der Waals surface area contributed by atoms with Gasteiger partial charge in [-0.3, -0.25) is 4.90 Å². The highest BCUT2D eigenvalue weighted by atomic mass is 16.5. The van der Waals surface area contributed by atoms with Crippen molar-refractivity contribution in [2.75, 3.05) is 52.8 Å². The van der Waals surface area contributed by atoms with E-state index in [0.717, 1.165) is 30.9 Å². The first kappa shape index (κ1) is 20.8. The number of amides is 2. The number of carbonyl (C=O) groups is 1. The predicted molar refractivity (Wildman–Crippen MR) is 113 cm³/mol. The second kappa shape index (κ2) is 9.52. The van der Waals surface area contributed by atoms with Crippen LogP contribution in [0.4, 0.5) is 10.5 Å². The smallest absolute Gasteiger partial charge is 0.321 e. The van der Waals surface area contributed by atoms with E-state index in [1.165, 1.54) is 5.56 Å². The first-order valence-corrected chi connectivity index (χ1v) is 9.68. The topological polar surface area (TPSA) is 63.3 Å². The van der Waals surface area contributed by atoms with Crippen molar-refractivity contribution in [2.24, 2.45) is 0 Å². The third-order valence-corrected chi connectivity index (χ3v) is 5.14. The summed E-state index contributed by atoms with van der Waals surface area (Å²) in [7, 11) is 4.85. The number of methoxy groups -OCH3 is 3. The van der Waals surface area contributed by atoms with E-state index in [2.05, 4.69) is 10.2 Å². The van der Waals surface area contributed by atoms with Crippen LogP contribution >= 0.6 is 0 Å². The molecule has 29 heavy (non-hydrogen) atoms. The first-order chi connectivity index (χ1) is 14.0. The van der Waals surface area contributed by atoms with Gasteiger partial charge < -0.3 is 24.4 Å². The Bertz CT molecular complexity index is 831. The second-order valence-corrected chi connectivity index (χ2v) is 7.05. The molecule has 0 atom stereocenters. The third-order valence-electron chi connectivity index (χ3n) is 5.14. The van der Waals surface area contributed by atoms with E-state index < -0.39 is 0 Å². The fraction of sp³-hybridized carbons (Fsp3) is 0.409. The van der Waals surface area contributed by atoms with Gasteiger partial charge in [-0.05, 0) is 25.1 Å². The van der Waals surface area contributed by atoms with E-state index in [0.29, 0.717) is 30.3 Å². The lowest BCUT2D eigenvalue weighted by Gasteiger charge is -2.35. The molecule has 3 rings (SSSR count). The average molecular weight is 399 g/mol. The fourth-order valence-electron chi connectivity index (χ4n) is 3.48. The molecule has 7 heteroatoms. The van der Waals surface area contributed by atoms with Crippen LogP contribution in [0.1, 0.15) is 11.1 Å². The van der Waals surface area contributed by atoms with Crippen LogP contribution in [0.3, 0.4) is 0 Å². The molecule has 0 saturated carbocycles. The van der Waals surface area contributed by atoms with E-state index >= 15 is 0 Å². The molecule has 1 saturated heterocycles. The van der Waals surface area contributed by atoms with Crippen molar-refractivity contribution in [1.82, 2.24) is 9.80 Å². The lowest BCUT2D eigenvalue weighted by atomic mass is 10.1. The van der Waals surface area contributed by atoms with Crippen molar-refractivity contribution in [3.8, 4) is 17.2 Å². The van der Waals surface area contributed by atoms with Gasteiger partial charge in [0.1, 0.15) is 0 Å². The van der Waals surface area contributed by atoms with E-state index in [1.54, 1.807) is 21.3 Å². The molecule has 2 aromatic rings. The Balaban J connectivity index is 1.58. The lowest BCUT2D eigenvalue weighted by Crippen LogP contribution is -2.49. The Morgan fingerprint density at radius 3 is 2.14 bits per heavy atom. The maximum Gasteiger partial charge on any atom is 0.321 e. The summed E-state index contributed by atoms with van der Waals surface area (Å²) in [5, 5.41) is 2.97. The molecule has 1 aliphatic rings. The molecule has 1 heterocycles. The Labute approximate surface area is 172 Å². The molecule has 2 amide bonds. The van der Waals surface area contributed by atoms with Gasteiger partial charge in [0.2, 0.25) is 5.75 Å². The number of ether oxygens (including phenoxy) is 3. The van der Waals surface area contributed by atoms with Crippen LogP contribution < -0.4 is 19.5 Å². The number of hydrogen-bond acceptors (Lipinski definition) is 5. The molecule has 7 nitrogen and oxygen atoms in total. The van der Waals surface area contributed by atoms with Gasteiger partial charge in [-0.2, -0.15) is 0 Å². The molecule has 2 aromatic carbocycles. The number of piperazine rings is 1. The summed E-state index contributed by atoms with van der Waals surface area (Å²) in [5.41, 5.74) is 3.02. The van der Waals surface area contributed by atoms with Gasteiger partial charge in [0, 0.05) is 44.0 Å². The molecule has 0 unspecified atom stereocenters. The molecule has 156 valence electrons. The summed E-state index contributed by atoms with van der Waals surface area (Å²) < 4.78 is 16.4. The molecule has 1 aliphatic heterocycles. The van der Waals surface area contributed by atoms with Gasteiger partial charge in [0.05, 0.1) is 21.3 Å². The number of anilines is 1. The number of rotatable bonds is 6. The molecule has 0 bridgehead atoms. The van der Waals surface area contributed by atoms with Crippen LogP contribution in [0.25, 0.3) is 0 Å². The van der Waals surface area contributed by atoms with Crippen LogP contribution in [0.2, 0.25) is 0 Å². The molecule has 0 radical (unpaired) electrons. The highest BCUT2D eigenvalue weighted by Crippen LogP contribution is 2.40. The molecule has 1 fully saturated rings. The van der Waals surface area contributed by atoms with Crippen molar-refractivity contribution in [2.45, 2.75) is 13.5 Å². The molecule has 1 N–H and O–H groups in total. The van der Waals surface area contributed by atoms with Gasteiger partial charge in [-0.25, -0.2) is 4.79 Å². The van der Waals surface area contributed by atoms with E-state index in [4.69, 9.17) is 14.2 Å². The minimum absolute atomic E-state index is 0.0581. The van der Waals surface area contributed by atoms with Crippen LogP contribution in [0, 0.1) is 6.92 Å². The summed E-state index contributed by atoms with van der Waals surface area (Å²) in [6.07, 6.45) is 0. The van der Waals surface area contributed by atoms with Gasteiger partial charge in [0.15, 0.2) is 11.5 Å². The fourth-order valence-corrected chi connectivity index (χ4v) is 3.48. The van der Waals surface area contributed by atoms with Gasteiger partial charge >= 0.3 is 6.03 Å². The Morgan fingerprint density at radius 2 is 1.55 bits per heavy atom. The Morgan fingerprint density at radius 1 is 0.897 bits per heavy atom. The summed E-state index contributed by atoms with van der Waals surface area (Å²) in [6, 6.07) is 11.7. The lowest BCUT2D eigenvalue weighted by molar-refractivity contribution is 0.142. The number of urea groups is 1. The Hall–Kier alpha value is -2.93. The van der Waals surface area contributed by atoms with Gasteiger partial charge in [-0.1, -0.05) is 23.8 Å². The largest absolute Gasteiger partial charge is 0.493 e. The van der Waals surface area contributed by atoms with Crippen molar-refractivity contribution >= 4 is 11.7 Å². The predicted octanol–water partition coefficient (Wildman–Crippen LogP) is 3.37. The Kier molecular flexibility index (Phi) is 6.82. The maximum absolute atomic E-state index is 12.5. The number of nitrogens with one attached hydrogen (secondary N) is 1. The van der Waals surface area contributed by atoms with Crippen LogP contribution in [-0.2, 0) is 6.54 Å². The quantitative estimate of drug-likeness (QED) is 0.807. The van der Waals surface area contributed by atoms with Crippen molar-refractivity contribution < 1.29 is 19.0 Å². The molecular formula is C22H29N3O4. The molecule has 0 aliphatic carbocycles. The highest BCUT2D eigenvalue weighted by molar-refractivity contribution is 5.89. The standard InChI is InChI=1S/C22H29N3O4/c1-16-5-8-18(9-6-16)23-22(26)25-13-11-24(12-14-25)15-17-7-10-19(27-2)21(29-4)20(17)28-3/h5-10H,11-15H2,1-4H3,(H,23,26). The van der Waals surface area contributed by atoms with E-state index in [1.807, 2.05) is 48.2 Å². The number of hydrogen-bond donors (Lipinski definition) is 1. The number of benzene rings is 2. The van der Waals surface area contributed by atoms with Crippen molar-refractivity contribution in [1.29, 1.82) is 0 Å². The number of nitrogens with zero attached hydrogens (tertiary/aromatic N) is 2. The zero-order chi connectivity index (χ0) is 20.8. The highest BCUT2D eigenvalue weighted by Gasteiger charge is 2.23. The SMILES string of the molecule is COc1ccc(CN2CCN(C(=O)Nc3ccc(C)cc3)CC2)c(OC)c1OC. The zero-order valence-corrected chi connectivity index (χ0v) is 17.5. The molecule has 0 aromatic heterocycles. The normalized spacial score (nSPS) is 14.4. The molecular weight excluding hydrogens is 370 g/mol. The number of carbonyl (C=O) groups excluding carboxylic acids is 1. The monoisotopic (exact) mass is 399 g/mol. The average Bonchev–Trinajstić information content (AvgIpc) is 2.75. The zero-order valence-electron chi connectivity index (χ0n) is 17.5. The second-order valence-electron chi connectivity index (χ2n) is 7.05. The molecule has 0 spiro atoms. The van der Waals surface area contributed by atoms with Crippen LogP contribution in [0.15, 0.2) is 36.4 Å². The van der Waals surface area contributed by atoms with Crippen LogP contribution in [0.5, 0.6) is 17.2 Å². The van der Waals surface area contributed by atoms with E-state index in [-0.39, 0.29) is 6.03 Å². The van der Waals surface area contributed by atoms with Gasteiger partial charge in [0.25, 0.3) is 0 Å². The first-order valence-electron chi connectivity index (χ1n) is 9.68. The maximum atomic E-state index is 12.5. The van der Waals surface area contributed by atoms with Crippen molar-refractivity contribution in [3.63, 3.8) is 0 Å². The van der Waals surface area contributed by atoms with Crippen molar-refractivity contribution in [3.05, 3.63) is 47.5 Å². The summed E-state index contributed by atoms with van der Waals surface area (Å²) in [5.74, 6) is 1.93. The van der Waals surface area contributed by atoms with Gasteiger partial charge in [-0.15, -0.1) is 0 Å². The summed E-state index contributed by atoms with van der Waals surface area (Å²) in [4.78, 5) is 16.7. The van der Waals surface area contributed by atoms with E-state index in [9.17, 15) is 4.79 Å². The van der Waals surface area contributed by atoms with Crippen LogP contribution in [-0.4, -0.2) is 63.3 Å². The summed E-state index contributed by atoms with van der Waals surface area (Å²) >= 11 is 0.